The van der Waals surface area contributed by atoms with Crippen LogP contribution >= 0.6 is 0 Å². The summed E-state index contributed by atoms with van der Waals surface area (Å²) in [4.78, 5) is 26.0. The highest BCUT2D eigenvalue weighted by molar-refractivity contribution is 6.04. The van der Waals surface area contributed by atoms with Gasteiger partial charge < -0.3 is 19.7 Å². The molecule has 6 heteroatoms. The third-order valence-corrected chi connectivity index (χ3v) is 4.16. The van der Waals surface area contributed by atoms with Gasteiger partial charge in [-0.15, -0.1) is 0 Å². The molecular formula is C20H22N2O4. The number of methoxy groups -OCH3 is 1. The summed E-state index contributed by atoms with van der Waals surface area (Å²) in [5, 5.41) is 2.86. The maximum Gasteiger partial charge on any atom is 0.255 e. The normalized spacial score (nSPS) is 13.7. The molecule has 0 radical (unpaired) electrons. The van der Waals surface area contributed by atoms with Gasteiger partial charge in [-0.1, -0.05) is 6.07 Å². The van der Waals surface area contributed by atoms with Crippen molar-refractivity contribution in [2.45, 2.75) is 12.8 Å². The second-order valence-electron chi connectivity index (χ2n) is 6.02. The fraction of sp³-hybridized carbons (Fsp3) is 0.300. The SMILES string of the molecule is COCCOc1cccc(C(=O)Nc2ccc(N3CCCC3=O)cc2)c1. The minimum atomic E-state index is -0.216. The Morgan fingerprint density at radius 1 is 1.15 bits per heavy atom. The Hall–Kier alpha value is -2.86. The molecule has 1 N–H and O–H groups in total. The number of hydrogen-bond acceptors (Lipinski definition) is 4. The molecular weight excluding hydrogens is 332 g/mol. The van der Waals surface area contributed by atoms with Crippen LogP contribution in [0.1, 0.15) is 23.2 Å². The lowest BCUT2D eigenvalue weighted by Gasteiger charge is -2.16. The number of ether oxygens (including phenoxy) is 2. The third-order valence-electron chi connectivity index (χ3n) is 4.16. The van der Waals surface area contributed by atoms with Crippen molar-refractivity contribution >= 4 is 23.2 Å². The van der Waals surface area contributed by atoms with Crippen LogP contribution in [0, 0.1) is 0 Å². The number of benzene rings is 2. The summed E-state index contributed by atoms with van der Waals surface area (Å²) in [5.41, 5.74) is 2.05. The van der Waals surface area contributed by atoms with Gasteiger partial charge in [0.05, 0.1) is 6.61 Å². The van der Waals surface area contributed by atoms with Crippen LogP contribution in [-0.4, -0.2) is 38.7 Å². The van der Waals surface area contributed by atoms with E-state index in [-0.39, 0.29) is 11.8 Å². The van der Waals surface area contributed by atoms with Crippen LogP contribution in [0.4, 0.5) is 11.4 Å². The first-order valence-electron chi connectivity index (χ1n) is 8.61. The number of nitrogens with one attached hydrogen (secondary N) is 1. The molecule has 3 rings (SSSR count). The Labute approximate surface area is 152 Å². The van der Waals surface area contributed by atoms with Crippen molar-refractivity contribution in [3.05, 3.63) is 54.1 Å². The molecule has 0 atom stereocenters. The van der Waals surface area contributed by atoms with Gasteiger partial charge >= 0.3 is 0 Å². The number of nitrogens with zero attached hydrogens (tertiary/aromatic N) is 1. The van der Waals surface area contributed by atoms with E-state index in [9.17, 15) is 9.59 Å². The second-order valence-corrected chi connectivity index (χ2v) is 6.02. The van der Waals surface area contributed by atoms with Crippen molar-refractivity contribution < 1.29 is 19.1 Å². The maximum absolute atomic E-state index is 12.4. The number of amides is 2. The van der Waals surface area contributed by atoms with Crippen LogP contribution in [0.15, 0.2) is 48.5 Å². The van der Waals surface area contributed by atoms with Gasteiger partial charge in [-0.25, -0.2) is 0 Å². The zero-order valence-electron chi connectivity index (χ0n) is 14.7. The van der Waals surface area contributed by atoms with Crippen LogP contribution in [0.25, 0.3) is 0 Å². The Bertz CT molecular complexity index is 774. The van der Waals surface area contributed by atoms with E-state index in [2.05, 4.69) is 5.32 Å². The van der Waals surface area contributed by atoms with Crippen molar-refractivity contribution in [3.8, 4) is 5.75 Å². The highest BCUT2D eigenvalue weighted by Gasteiger charge is 2.21. The molecule has 0 spiro atoms. The summed E-state index contributed by atoms with van der Waals surface area (Å²) in [6, 6.07) is 14.3. The zero-order valence-corrected chi connectivity index (χ0v) is 14.7. The molecule has 136 valence electrons. The van der Waals surface area contributed by atoms with Crippen LogP contribution in [0.3, 0.4) is 0 Å². The van der Waals surface area contributed by atoms with Gasteiger partial charge in [0.15, 0.2) is 0 Å². The second kappa shape index (κ2) is 8.49. The molecule has 1 aliphatic heterocycles. The first kappa shape index (κ1) is 17.9. The Kier molecular flexibility index (Phi) is 5.86. The summed E-state index contributed by atoms with van der Waals surface area (Å²) in [7, 11) is 1.61. The van der Waals surface area contributed by atoms with Gasteiger partial charge in [0.25, 0.3) is 5.91 Å². The van der Waals surface area contributed by atoms with Crippen molar-refractivity contribution in [1.82, 2.24) is 0 Å². The molecule has 0 aromatic heterocycles. The van der Waals surface area contributed by atoms with E-state index in [1.165, 1.54) is 0 Å². The van der Waals surface area contributed by atoms with E-state index in [1.807, 2.05) is 12.1 Å². The molecule has 0 bridgehead atoms. The minimum absolute atomic E-state index is 0.145. The molecule has 0 unspecified atom stereocenters. The maximum atomic E-state index is 12.4. The minimum Gasteiger partial charge on any atom is -0.491 e. The predicted molar refractivity (Wildman–Crippen MR) is 99.8 cm³/mol. The molecule has 1 heterocycles. The van der Waals surface area contributed by atoms with Crippen molar-refractivity contribution in [2.75, 3.05) is 37.1 Å². The topological polar surface area (TPSA) is 67.9 Å². The van der Waals surface area contributed by atoms with Gasteiger partial charge in [0.1, 0.15) is 12.4 Å². The molecule has 2 amide bonds. The van der Waals surface area contributed by atoms with Gasteiger partial charge in [0.2, 0.25) is 5.91 Å². The summed E-state index contributed by atoms with van der Waals surface area (Å²) >= 11 is 0. The van der Waals surface area contributed by atoms with Crippen LogP contribution < -0.4 is 15.0 Å². The van der Waals surface area contributed by atoms with E-state index in [1.54, 1.807) is 48.4 Å². The van der Waals surface area contributed by atoms with E-state index in [4.69, 9.17) is 9.47 Å². The first-order valence-corrected chi connectivity index (χ1v) is 8.61. The van der Waals surface area contributed by atoms with Crippen LogP contribution in [-0.2, 0) is 9.53 Å². The molecule has 0 saturated carbocycles. The first-order chi connectivity index (χ1) is 12.7. The third kappa shape index (κ3) is 4.40. The van der Waals surface area contributed by atoms with Crippen molar-refractivity contribution in [2.24, 2.45) is 0 Å². The smallest absolute Gasteiger partial charge is 0.255 e. The number of carbonyl (C=O) groups excluding carboxylic acids is 2. The average Bonchev–Trinajstić information content (AvgIpc) is 3.09. The largest absolute Gasteiger partial charge is 0.491 e. The number of anilines is 2. The molecule has 26 heavy (non-hydrogen) atoms. The van der Waals surface area contributed by atoms with Crippen LogP contribution in [0.2, 0.25) is 0 Å². The van der Waals surface area contributed by atoms with E-state index in [0.717, 1.165) is 18.7 Å². The lowest BCUT2D eigenvalue weighted by atomic mass is 10.2. The Morgan fingerprint density at radius 3 is 2.65 bits per heavy atom. The molecule has 1 fully saturated rings. The molecule has 2 aromatic rings. The van der Waals surface area contributed by atoms with Gasteiger partial charge in [0, 0.05) is 37.0 Å². The van der Waals surface area contributed by atoms with Gasteiger partial charge in [-0.05, 0) is 48.9 Å². The zero-order chi connectivity index (χ0) is 18.4. The highest BCUT2D eigenvalue weighted by atomic mass is 16.5. The van der Waals surface area contributed by atoms with Crippen molar-refractivity contribution in [3.63, 3.8) is 0 Å². The lowest BCUT2D eigenvalue weighted by molar-refractivity contribution is -0.117. The lowest BCUT2D eigenvalue weighted by Crippen LogP contribution is -2.23. The Balaban J connectivity index is 1.62. The molecule has 1 aliphatic rings. The Morgan fingerprint density at radius 2 is 1.96 bits per heavy atom. The quantitative estimate of drug-likeness (QED) is 0.776. The van der Waals surface area contributed by atoms with Crippen molar-refractivity contribution in [1.29, 1.82) is 0 Å². The van der Waals surface area contributed by atoms with Gasteiger partial charge in [-0.3, -0.25) is 9.59 Å². The van der Waals surface area contributed by atoms with E-state index in [0.29, 0.717) is 36.6 Å². The average molecular weight is 354 g/mol. The molecule has 6 nitrogen and oxygen atoms in total. The molecule has 2 aromatic carbocycles. The fourth-order valence-corrected chi connectivity index (χ4v) is 2.82. The van der Waals surface area contributed by atoms with E-state index >= 15 is 0 Å². The monoisotopic (exact) mass is 354 g/mol. The van der Waals surface area contributed by atoms with E-state index < -0.39 is 0 Å². The number of rotatable bonds is 7. The summed E-state index contributed by atoms with van der Waals surface area (Å²) < 4.78 is 10.5. The summed E-state index contributed by atoms with van der Waals surface area (Å²) in [6.07, 6.45) is 1.49. The molecule has 0 aliphatic carbocycles. The number of carbonyl (C=O) groups is 2. The van der Waals surface area contributed by atoms with Gasteiger partial charge in [-0.2, -0.15) is 0 Å². The van der Waals surface area contributed by atoms with Crippen LogP contribution in [0.5, 0.6) is 5.75 Å². The highest BCUT2D eigenvalue weighted by Crippen LogP contribution is 2.23. The molecule has 1 saturated heterocycles. The fourth-order valence-electron chi connectivity index (χ4n) is 2.82. The number of hydrogen-bond donors (Lipinski definition) is 1. The summed E-state index contributed by atoms with van der Waals surface area (Å²) in [6.45, 7) is 1.67. The standard InChI is InChI=1S/C20H22N2O4/c1-25-12-13-26-18-5-2-4-15(14-18)20(24)21-16-7-9-17(10-8-16)22-11-3-6-19(22)23/h2,4-5,7-10,14H,3,6,11-13H2,1H3,(H,21,24). The summed E-state index contributed by atoms with van der Waals surface area (Å²) in [5.74, 6) is 0.553. The predicted octanol–water partition coefficient (Wildman–Crippen LogP) is 3.09.